The summed E-state index contributed by atoms with van der Waals surface area (Å²) in [6, 6.07) is 1.57. The molecule has 5 heteroatoms. The van der Waals surface area contributed by atoms with Gasteiger partial charge >= 0.3 is 0 Å². The Bertz CT molecular complexity index is 381. The van der Waals surface area contributed by atoms with E-state index in [-0.39, 0.29) is 5.56 Å². The van der Waals surface area contributed by atoms with E-state index in [9.17, 15) is 4.79 Å². The van der Waals surface area contributed by atoms with Crippen molar-refractivity contribution in [3.8, 4) is 0 Å². The van der Waals surface area contributed by atoms with Gasteiger partial charge in [-0.25, -0.2) is 4.98 Å². The van der Waals surface area contributed by atoms with Gasteiger partial charge in [-0.2, -0.15) is 0 Å². The van der Waals surface area contributed by atoms with E-state index in [0.717, 1.165) is 44.2 Å². The molecule has 0 aromatic carbocycles. The van der Waals surface area contributed by atoms with Crippen LogP contribution in [0.4, 0.5) is 5.82 Å². The van der Waals surface area contributed by atoms with E-state index >= 15 is 0 Å². The van der Waals surface area contributed by atoms with Crippen molar-refractivity contribution < 1.29 is 0 Å². The molecule has 0 atom stereocenters. The van der Waals surface area contributed by atoms with E-state index in [2.05, 4.69) is 20.2 Å². The predicted octanol–water partition coefficient (Wildman–Crippen LogP) is -0.258. The van der Waals surface area contributed by atoms with Gasteiger partial charge in [-0.1, -0.05) is 6.92 Å². The van der Waals surface area contributed by atoms with E-state index in [4.69, 9.17) is 0 Å². The molecule has 0 radical (unpaired) electrons. The average Bonchev–Trinajstić information content (AvgIpc) is 2.29. The lowest BCUT2D eigenvalue weighted by Crippen LogP contribution is -2.44. The Morgan fingerprint density at radius 3 is 2.87 bits per heavy atom. The third kappa shape index (κ3) is 2.36. The number of nitrogens with zero attached hydrogens (tertiary/aromatic N) is 2. The van der Waals surface area contributed by atoms with Crippen LogP contribution in [0.3, 0.4) is 0 Å². The monoisotopic (exact) mass is 208 g/mol. The van der Waals surface area contributed by atoms with Crippen LogP contribution in [-0.2, 0) is 6.42 Å². The normalized spacial score (nSPS) is 16.7. The molecular formula is C10H16N4O. The maximum atomic E-state index is 11.4. The number of H-pyrrole nitrogens is 1. The summed E-state index contributed by atoms with van der Waals surface area (Å²) < 4.78 is 0. The summed E-state index contributed by atoms with van der Waals surface area (Å²) in [5, 5.41) is 3.27. The van der Waals surface area contributed by atoms with Crippen LogP contribution in [0.2, 0.25) is 0 Å². The summed E-state index contributed by atoms with van der Waals surface area (Å²) >= 11 is 0. The fourth-order valence-electron chi connectivity index (χ4n) is 1.72. The second-order valence-corrected chi connectivity index (χ2v) is 3.64. The van der Waals surface area contributed by atoms with E-state index in [1.54, 1.807) is 6.07 Å². The molecule has 0 saturated carbocycles. The molecule has 1 fully saturated rings. The van der Waals surface area contributed by atoms with Crippen LogP contribution in [0.1, 0.15) is 12.7 Å². The van der Waals surface area contributed by atoms with Gasteiger partial charge in [0, 0.05) is 38.7 Å². The molecule has 0 amide bonds. The number of hydrogen-bond donors (Lipinski definition) is 2. The summed E-state index contributed by atoms with van der Waals surface area (Å²) in [5.41, 5.74) is -0.0598. The molecular weight excluding hydrogens is 192 g/mol. The maximum Gasteiger partial charge on any atom is 0.252 e. The number of hydrogen-bond acceptors (Lipinski definition) is 4. The first kappa shape index (κ1) is 10.2. The lowest BCUT2D eigenvalue weighted by Gasteiger charge is -2.28. The zero-order chi connectivity index (χ0) is 10.7. The molecule has 0 unspecified atom stereocenters. The fourth-order valence-corrected chi connectivity index (χ4v) is 1.72. The van der Waals surface area contributed by atoms with Crippen molar-refractivity contribution in [2.24, 2.45) is 0 Å². The van der Waals surface area contributed by atoms with Crippen LogP contribution in [0.15, 0.2) is 10.9 Å². The first-order valence-corrected chi connectivity index (χ1v) is 5.35. The molecule has 2 N–H and O–H groups in total. The summed E-state index contributed by atoms with van der Waals surface area (Å²) in [5.74, 6) is 1.56. The van der Waals surface area contributed by atoms with Crippen LogP contribution >= 0.6 is 0 Å². The molecule has 82 valence electrons. The number of aromatic amines is 1. The van der Waals surface area contributed by atoms with Gasteiger partial charge in [0.2, 0.25) is 0 Å². The Hall–Kier alpha value is -1.36. The van der Waals surface area contributed by atoms with E-state index in [1.165, 1.54) is 0 Å². The lowest BCUT2D eigenvalue weighted by atomic mass is 10.3. The van der Waals surface area contributed by atoms with Crippen LogP contribution in [0, 0.1) is 0 Å². The summed E-state index contributed by atoms with van der Waals surface area (Å²) in [4.78, 5) is 20.7. The number of anilines is 1. The highest BCUT2D eigenvalue weighted by Gasteiger charge is 2.12. The van der Waals surface area contributed by atoms with Crippen molar-refractivity contribution in [3.05, 3.63) is 22.2 Å². The molecule has 1 aromatic heterocycles. The van der Waals surface area contributed by atoms with Gasteiger partial charge in [-0.15, -0.1) is 0 Å². The minimum Gasteiger partial charge on any atom is -0.354 e. The number of rotatable bonds is 2. The molecule has 1 aliphatic heterocycles. The maximum absolute atomic E-state index is 11.4. The van der Waals surface area contributed by atoms with E-state index in [0.29, 0.717) is 0 Å². The molecule has 15 heavy (non-hydrogen) atoms. The first-order chi connectivity index (χ1) is 7.29. The zero-order valence-electron chi connectivity index (χ0n) is 8.92. The topological polar surface area (TPSA) is 61.0 Å². The molecule has 0 bridgehead atoms. The Morgan fingerprint density at radius 1 is 1.47 bits per heavy atom. The van der Waals surface area contributed by atoms with Gasteiger partial charge in [0.25, 0.3) is 5.56 Å². The largest absolute Gasteiger partial charge is 0.354 e. The molecule has 2 heterocycles. The van der Waals surface area contributed by atoms with Gasteiger partial charge < -0.3 is 15.2 Å². The minimum atomic E-state index is -0.0598. The van der Waals surface area contributed by atoms with Gasteiger partial charge in [0.05, 0.1) is 0 Å². The van der Waals surface area contributed by atoms with Crippen molar-refractivity contribution in [2.45, 2.75) is 13.3 Å². The molecule has 5 nitrogen and oxygen atoms in total. The average molecular weight is 208 g/mol. The SMILES string of the molecule is CCc1nc(N2CCNCC2)cc(=O)[nH]1. The third-order valence-corrected chi connectivity index (χ3v) is 2.55. The van der Waals surface area contributed by atoms with Crippen LogP contribution in [0.5, 0.6) is 0 Å². The fraction of sp³-hybridized carbons (Fsp3) is 0.600. The quantitative estimate of drug-likeness (QED) is 0.703. The summed E-state index contributed by atoms with van der Waals surface area (Å²) in [6.07, 6.45) is 0.759. The number of aromatic nitrogens is 2. The molecule has 1 saturated heterocycles. The summed E-state index contributed by atoms with van der Waals surface area (Å²) in [7, 11) is 0. The van der Waals surface area contributed by atoms with Crippen LogP contribution < -0.4 is 15.8 Å². The highest BCUT2D eigenvalue weighted by molar-refractivity contribution is 5.38. The van der Waals surface area contributed by atoms with Crippen molar-refractivity contribution in [3.63, 3.8) is 0 Å². The van der Waals surface area contributed by atoms with Gasteiger partial charge in [-0.3, -0.25) is 4.79 Å². The second-order valence-electron chi connectivity index (χ2n) is 3.64. The number of piperazine rings is 1. The van der Waals surface area contributed by atoms with Crippen molar-refractivity contribution in [1.29, 1.82) is 0 Å². The highest BCUT2D eigenvalue weighted by atomic mass is 16.1. The minimum absolute atomic E-state index is 0.0598. The standard InChI is InChI=1S/C10H16N4O/c1-2-8-12-9(7-10(15)13-8)14-5-3-11-4-6-14/h7,11H,2-6H2,1H3,(H,12,13,15). The molecule has 1 aliphatic rings. The zero-order valence-corrected chi connectivity index (χ0v) is 8.92. The Morgan fingerprint density at radius 2 is 2.20 bits per heavy atom. The number of nitrogens with one attached hydrogen (secondary N) is 2. The third-order valence-electron chi connectivity index (χ3n) is 2.55. The smallest absolute Gasteiger partial charge is 0.252 e. The second kappa shape index (κ2) is 4.44. The molecule has 1 aromatic rings. The van der Waals surface area contributed by atoms with Gasteiger partial charge in [0.15, 0.2) is 0 Å². The Balaban J connectivity index is 2.26. The molecule has 0 aliphatic carbocycles. The molecule has 2 rings (SSSR count). The van der Waals surface area contributed by atoms with Gasteiger partial charge in [-0.05, 0) is 0 Å². The van der Waals surface area contributed by atoms with Crippen molar-refractivity contribution in [1.82, 2.24) is 15.3 Å². The number of aryl methyl sites for hydroxylation is 1. The Labute approximate surface area is 88.5 Å². The van der Waals surface area contributed by atoms with E-state index in [1.807, 2.05) is 6.92 Å². The van der Waals surface area contributed by atoms with Crippen molar-refractivity contribution in [2.75, 3.05) is 31.1 Å². The van der Waals surface area contributed by atoms with Crippen molar-refractivity contribution >= 4 is 5.82 Å². The lowest BCUT2D eigenvalue weighted by molar-refractivity contribution is 0.583. The van der Waals surface area contributed by atoms with Crippen LogP contribution in [-0.4, -0.2) is 36.1 Å². The highest BCUT2D eigenvalue weighted by Crippen LogP contribution is 2.08. The first-order valence-electron chi connectivity index (χ1n) is 5.35. The van der Waals surface area contributed by atoms with Gasteiger partial charge in [0.1, 0.15) is 11.6 Å². The predicted molar refractivity (Wildman–Crippen MR) is 59.3 cm³/mol. The molecule has 0 spiro atoms. The Kier molecular flexibility index (Phi) is 3.01. The summed E-state index contributed by atoms with van der Waals surface area (Å²) in [6.45, 7) is 5.73. The van der Waals surface area contributed by atoms with Crippen LogP contribution in [0.25, 0.3) is 0 Å². The van der Waals surface area contributed by atoms with E-state index < -0.39 is 0 Å².